The van der Waals surface area contributed by atoms with Gasteiger partial charge in [-0.1, -0.05) is 104 Å². The highest BCUT2D eigenvalue weighted by Crippen LogP contribution is 2.52. The number of nitrogens with zero attached hydrogens (tertiary/aromatic N) is 2. The number of hydrogen-bond acceptors (Lipinski definition) is 2. The maximum atomic E-state index is 5.38. The van der Waals surface area contributed by atoms with E-state index in [4.69, 9.17) is 4.98 Å². The number of anilines is 1. The zero-order chi connectivity index (χ0) is 23.5. The van der Waals surface area contributed by atoms with Gasteiger partial charge in [-0.3, -0.25) is 4.98 Å². The first-order valence-electron chi connectivity index (χ1n) is 13.1. The summed E-state index contributed by atoms with van der Waals surface area (Å²) in [7, 11) is -0.749. The van der Waals surface area contributed by atoms with Gasteiger partial charge in [-0.15, -0.1) is 0 Å². The summed E-state index contributed by atoms with van der Waals surface area (Å²) in [5, 5.41) is 2.78. The molecule has 1 aliphatic carbocycles. The quantitative estimate of drug-likeness (QED) is 0.275. The summed E-state index contributed by atoms with van der Waals surface area (Å²) < 4.78 is 2.73. The van der Waals surface area contributed by atoms with Gasteiger partial charge in [-0.2, -0.15) is 0 Å². The second-order valence-electron chi connectivity index (χ2n) is 9.83. The Morgan fingerprint density at radius 1 is 0.600 bits per heavy atom. The first kappa shape index (κ1) is 22.5. The molecule has 2 aliphatic rings. The van der Waals surface area contributed by atoms with Gasteiger partial charge in [-0.25, -0.2) is 0 Å². The fraction of sp³-hybridized carbons (Fsp3) is 0.281. The number of pyridine rings is 1. The van der Waals surface area contributed by atoms with Crippen LogP contribution in [0.3, 0.4) is 0 Å². The van der Waals surface area contributed by atoms with Crippen LogP contribution in [-0.4, -0.2) is 4.98 Å². The van der Waals surface area contributed by atoms with E-state index in [1.807, 2.05) is 0 Å². The van der Waals surface area contributed by atoms with E-state index in [0.29, 0.717) is 5.92 Å². The van der Waals surface area contributed by atoms with Crippen LogP contribution in [0.15, 0.2) is 103 Å². The van der Waals surface area contributed by atoms with E-state index in [1.54, 1.807) is 0 Å². The average Bonchev–Trinajstić information content (AvgIpc) is 2.95. The third-order valence-electron chi connectivity index (χ3n) is 7.59. The van der Waals surface area contributed by atoms with Gasteiger partial charge >= 0.3 is 0 Å². The number of aromatic nitrogens is 1. The van der Waals surface area contributed by atoms with Crippen molar-refractivity contribution in [2.75, 3.05) is 4.67 Å². The molecule has 1 atom stereocenters. The molecule has 0 N–H and O–H groups in total. The fourth-order valence-corrected chi connectivity index (χ4v) is 8.49. The second-order valence-corrected chi connectivity index (χ2v) is 11.9. The van der Waals surface area contributed by atoms with Crippen molar-refractivity contribution < 1.29 is 0 Å². The first-order chi connectivity index (χ1) is 17.4. The molecule has 0 saturated heterocycles. The van der Waals surface area contributed by atoms with Crippen LogP contribution in [-0.2, 0) is 6.42 Å². The normalized spacial score (nSPS) is 18.4. The molecule has 0 amide bonds. The molecule has 0 bridgehead atoms. The molecule has 2 heterocycles. The Morgan fingerprint density at radius 3 is 1.94 bits per heavy atom. The van der Waals surface area contributed by atoms with Crippen LogP contribution in [0.4, 0.5) is 5.69 Å². The van der Waals surface area contributed by atoms with Gasteiger partial charge in [0, 0.05) is 27.9 Å². The molecule has 4 aromatic rings. The van der Waals surface area contributed by atoms with E-state index in [9.17, 15) is 0 Å². The molecule has 1 saturated carbocycles. The molecule has 1 aromatic heterocycles. The number of para-hydroxylation sites is 1. The largest absolute Gasteiger partial charge is 0.334 e. The lowest BCUT2D eigenvalue weighted by Crippen LogP contribution is -2.36. The summed E-state index contributed by atoms with van der Waals surface area (Å²) in [6.07, 6.45) is 8.82. The molecule has 6 rings (SSSR count). The molecule has 2 nitrogen and oxygen atoms in total. The lowest BCUT2D eigenvalue weighted by molar-refractivity contribution is 0.435. The van der Waals surface area contributed by atoms with Gasteiger partial charge in [0.25, 0.3) is 0 Å². The Bertz CT molecular complexity index is 1210. The number of fused-ring (bicyclic) bond motifs is 1. The minimum Gasteiger partial charge on any atom is -0.334 e. The van der Waals surface area contributed by atoms with Crippen LogP contribution in [0.2, 0.25) is 0 Å². The zero-order valence-electron chi connectivity index (χ0n) is 20.3. The van der Waals surface area contributed by atoms with Crippen LogP contribution >= 0.6 is 8.07 Å². The van der Waals surface area contributed by atoms with E-state index in [1.165, 1.54) is 65.4 Å². The van der Waals surface area contributed by atoms with Crippen molar-refractivity contribution in [3.63, 3.8) is 0 Å². The van der Waals surface area contributed by atoms with Gasteiger partial charge in [0.05, 0.1) is 19.8 Å². The zero-order valence-corrected chi connectivity index (χ0v) is 21.2. The molecule has 0 spiro atoms. The monoisotopic (exact) mass is 476 g/mol. The fourth-order valence-electron chi connectivity index (χ4n) is 5.86. The van der Waals surface area contributed by atoms with Crippen molar-refractivity contribution in [3.05, 3.63) is 120 Å². The average molecular weight is 477 g/mol. The standard InChI is InChI=1S/C32H33N2P/c1-4-13-25(14-5-1)29-20-12-21-30(33-29)32-24-23-26-15-10-11-22-31(26)34(32)35(27-16-6-2-7-17-27)28-18-8-3-9-19-28/h2-3,6-12,15-22,25,32H,1,4-5,13-14,23-24H2/t32-/m0/s1. The first-order valence-corrected chi connectivity index (χ1v) is 14.4. The van der Waals surface area contributed by atoms with Crippen molar-refractivity contribution in [1.82, 2.24) is 4.98 Å². The van der Waals surface area contributed by atoms with Crippen LogP contribution in [0.1, 0.15) is 67.4 Å². The van der Waals surface area contributed by atoms with E-state index in [-0.39, 0.29) is 6.04 Å². The molecule has 1 fully saturated rings. The predicted octanol–water partition coefficient (Wildman–Crippen LogP) is 7.67. The summed E-state index contributed by atoms with van der Waals surface area (Å²) in [5.74, 6) is 0.623. The van der Waals surface area contributed by atoms with Crippen LogP contribution in [0.5, 0.6) is 0 Å². The highest BCUT2D eigenvalue weighted by Gasteiger charge is 2.35. The van der Waals surface area contributed by atoms with Gasteiger partial charge in [0.15, 0.2) is 0 Å². The molecular weight excluding hydrogens is 443 g/mol. The van der Waals surface area contributed by atoms with E-state index < -0.39 is 8.07 Å². The SMILES string of the molecule is c1ccc(P(c2ccccc2)N2c3ccccc3CC[C@H]2c2cccc(C3CCCCC3)n2)cc1. The van der Waals surface area contributed by atoms with Crippen molar-refractivity contribution in [2.45, 2.75) is 56.9 Å². The minimum absolute atomic E-state index is 0.264. The molecule has 3 aromatic carbocycles. The van der Waals surface area contributed by atoms with Crippen LogP contribution in [0.25, 0.3) is 0 Å². The summed E-state index contributed by atoms with van der Waals surface area (Å²) >= 11 is 0. The number of benzene rings is 3. The van der Waals surface area contributed by atoms with Gasteiger partial charge in [0.2, 0.25) is 0 Å². The van der Waals surface area contributed by atoms with Crippen molar-refractivity contribution in [1.29, 1.82) is 0 Å². The van der Waals surface area contributed by atoms with Crippen LogP contribution in [0, 0.1) is 0 Å². The summed E-state index contributed by atoms with van der Waals surface area (Å²) in [6, 6.07) is 38.3. The third-order valence-corrected chi connectivity index (χ3v) is 10.1. The number of aryl methyl sites for hydroxylation is 1. The summed E-state index contributed by atoms with van der Waals surface area (Å²) in [6.45, 7) is 0. The highest BCUT2D eigenvalue weighted by molar-refractivity contribution is 7.74. The second kappa shape index (κ2) is 10.3. The predicted molar refractivity (Wildman–Crippen MR) is 149 cm³/mol. The van der Waals surface area contributed by atoms with Crippen molar-refractivity contribution >= 4 is 24.4 Å². The van der Waals surface area contributed by atoms with E-state index in [2.05, 4.69) is 108 Å². The maximum Gasteiger partial charge on any atom is 0.0758 e. The molecule has 0 radical (unpaired) electrons. The molecular formula is C32H33N2P. The van der Waals surface area contributed by atoms with Gasteiger partial charge < -0.3 is 4.67 Å². The topological polar surface area (TPSA) is 16.1 Å². The van der Waals surface area contributed by atoms with E-state index in [0.717, 1.165) is 12.8 Å². The van der Waals surface area contributed by atoms with Gasteiger partial charge in [-0.05, 0) is 49.4 Å². The van der Waals surface area contributed by atoms with Crippen LogP contribution < -0.4 is 15.3 Å². The molecule has 1 aliphatic heterocycles. The maximum absolute atomic E-state index is 5.38. The Labute approximate surface area is 210 Å². The molecule has 176 valence electrons. The molecule has 0 unspecified atom stereocenters. The Kier molecular flexibility index (Phi) is 6.65. The Balaban J connectivity index is 1.48. The molecule has 35 heavy (non-hydrogen) atoms. The van der Waals surface area contributed by atoms with Crippen molar-refractivity contribution in [3.8, 4) is 0 Å². The third kappa shape index (κ3) is 4.65. The lowest BCUT2D eigenvalue weighted by atomic mass is 9.86. The van der Waals surface area contributed by atoms with Gasteiger partial charge in [0.1, 0.15) is 0 Å². The number of rotatable bonds is 5. The number of hydrogen-bond donors (Lipinski definition) is 0. The van der Waals surface area contributed by atoms with Crippen molar-refractivity contribution in [2.24, 2.45) is 0 Å². The highest BCUT2D eigenvalue weighted by atomic mass is 31.1. The molecule has 3 heteroatoms. The summed E-state index contributed by atoms with van der Waals surface area (Å²) in [4.78, 5) is 5.38. The summed E-state index contributed by atoms with van der Waals surface area (Å²) in [5.41, 5.74) is 5.37. The van der Waals surface area contributed by atoms with E-state index >= 15 is 0 Å². The Morgan fingerprint density at radius 2 is 1.23 bits per heavy atom. The minimum atomic E-state index is -0.749. The lowest BCUT2D eigenvalue weighted by Gasteiger charge is -2.44. The smallest absolute Gasteiger partial charge is 0.0758 e. The Hall–Kier alpha value is -2.96.